The highest BCUT2D eigenvalue weighted by atomic mass is 35.5. The van der Waals surface area contributed by atoms with E-state index in [1.807, 2.05) is 30.5 Å². The molecule has 9 heteroatoms. The van der Waals surface area contributed by atoms with Gasteiger partial charge in [-0.2, -0.15) is 0 Å². The van der Waals surface area contributed by atoms with Gasteiger partial charge >= 0.3 is 0 Å². The van der Waals surface area contributed by atoms with Gasteiger partial charge in [-0.1, -0.05) is 17.7 Å². The summed E-state index contributed by atoms with van der Waals surface area (Å²) in [5.41, 5.74) is 7.48. The molecule has 3 aromatic heterocycles. The molecule has 1 aliphatic heterocycles. The fourth-order valence-corrected chi connectivity index (χ4v) is 3.20. The second-order valence-corrected chi connectivity index (χ2v) is 6.45. The smallest absolute Gasteiger partial charge is 0.159 e. The van der Waals surface area contributed by atoms with E-state index in [4.69, 9.17) is 17.3 Å². The van der Waals surface area contributed by atoms with E-state index in [1.54, 1.807) is 12.3 Å². The molecule has 0 amide bonds. The van der Waals surface area contributed by atoms with E-state index < -0.39 is 0 Å². The first-order chi connectivity index (χ1) is 13.2. The summed E-state index contributed by atoms with van der Waals surface area (Å²) in [6.45, 7) is 3.28. The van der Waals surface area contributed by atoms with Crippen molar-refractivity contribution in [1.29, 1.82) is 0 Å². The molecule has 1 fully saturated rings. The Labute approximate surface area is 162 Å². The maximum absolute atomic E-state index is 6.34. The molecule has 1 saturated heterocycles. The highest BCUT2D eigenvalue weighted by molar-refractivity contribution is 6.32. The molecule has 4 heterocycles. The normalized spacial score (nSPS) is 14.3. The van der Waals surface area contributed by atoms with Crippen molar-refractivity contribution in [3.63, 3.8) is 0 Å². The molecule has 4 rings (SSSR count). The zero-order valence-electron chi connectivity index (χ0n) is 14.6. The van der Waals surface area contributed by atoms with Gasteiger partial charge in [0.15, 0.2) is 16.8 Å². The van der Waals surface area contributed by atoms with Crippen molar-refractivity contribution in [3.05, 3.63) is 54.2 Å². The Hall–Kier alpha value is -3.13. The topological polar surface area (TPSA) is 96.1 Å². The largest absolute Gasteiger partial charge is 0.393 e. The third-order valence-corrected chi connectivity index (χ3v) is 4.73. The first-order valence-electron chi connectivity index (χ1n) is 8.61. The third-order valence-electron chi connectivity index (χ3n) is 4.43. The van der Waals surface area contributed by atoms with Crippen molar-refractivity contribution in [2.24, 2.45) is 0 Å². The second kappa shape index (κ2) is 7.63. The van der Waals surface area contributed by atoms with Crippen molar-refractivity contribution in [2.45, 2.75) is 0 Å². The first-order valence-corrected chi connectivity index (χ1v) is 8.99. The SMILES string of the molecule is Nc1c(Nc2cccnc2Cl)ncnc1N1CCN(c2ccccn2)CC1. The average molecular weight is 383 g/mol. The molecule has 0 aliphatic carbocycles. The number of pyridine rings is 2. The van der Waals surface area contributed by atoms with E-state index >= 15 is 0 Å². The van der Waals surface area contributed by atoms with Gasteiger partial charge in [0, 0.05) is 38.6 Å². The number of hydrogen-bond donors (Lipinski definition) is 2. The monoisotopic (exact) mass is 382 g/mol. The fourth-order valence-electron chi connectivity index (χ4n) is 3.03. The van der Waals surface area contributed by atoms with Crippen LogP contribution in [0.15, 0.2) is 49.1 Å². The van der Waals surface area contributed by atoms with Crippen LogP contribution in [0.5, 0.6) is 0 Å². The van der Waals surface area contributed by atoms with Crippen LogP contribution in [0.3, 0.4) is 0 Å². The number of nitrogens with one attached hydrogen (secondary N) is 1. The minimum absolute atomic E-state index is 0.362. The molecular formula is C18H19ClN8. The Morgan fingerprint density at radius 2 is 1.67 bits per heavy atom. The van der Waals surface area contributed by atoms with E-state index in [9.17, 15) is 0 Å². The van der Waals surface area contributed by atoms with E-state index in [0.717, 1.165) is 32.0 Å². The number of nitrogens with zero attached hydrogens (tertiary/aromatic N) is 6. The molecular weight excluding hydrogens is 364 g/mol. The van der Waals surface area contributed by atoms with Gasteiger partial charge < -0.3 is 20.9 Å². The van der Waals surface area contributed by atoms with Gasteiger partial charge in [0.25, 0.3) is 0 Å². The van der Waals surface area contributed by atoms with Gasteiger partial charge in [-0.3, -0.25) is 0 Å². The lowest BCUT2D eigenvalue weighted by atomic mass is 10.2. The molecule has 0 aromatic carbocycles. The number of nitrogens with two attached hydrogens (primary N) is 1. The predicted molar refractivity (Wildman–Crippen MR) is 108 cm³/mol. The molecule has 1 aliphatic rings. The Morgan fingerprint density at radius 3 is 2.41 bits per heavy atom. The summed E-state index contributed by atoms with van der Waals surface area (Å²) in [5, 5.41) is 3.50. The molecule has 3 aromatic rings. The third kappa shape index (κ3) is 3.70. The van der Waals surface area contributed by atoms with Gasteiger partial charge in [0.05, 0.1) is 5.69 Å². The number of anilines is 5. The number of aromatic nitrogens is 4. The molecule has 0 unspecified atom stereocenters. The highest BCUT2D eigenvalue weighted by Gasteiger charge is 2.22. The van der Waals surface area contributed by atoms with Crippen LogP contribution in [-0.4, -0.2) is 46.1 Å². The average Bonchev–Trinajstić information content (AvgIpc) is 2.72. The summed E-state index contributed by atoms with van der Waals surface area (Å²) < 4.78 is 0. The maximum atomic E-state index is 6.34. The standard InChI is InChI=1S/C18H19ClN8/c19-16-13(4-3-7-22-16)25-17-15(20)18(24-12-23-17)27-10-8-26(9-11-27)14-5-1-2-6-21-14/h1-7,12H,8-11,20H2,(H,23,24,25). The van der Waals surface area contributed by atoms with Gasteiger partial charge in [0.2, 0.25) is 0 Å². The van der Waals surface area contributed by atoms with Crippen molar-refractivity contribution in [1.82, 2.24) is 19.9 Å². The maximum Gasteiger partial charge on any atom is 0.159 e. The highest BCUT2D eigenvalue weighted by Crippen LogP contribution is 2.31. The predicted octanol–water partition coefficient (Wildman–Crippen LogP) is 2.57. The summed E-state index contributed by atoms with van der Waals surface area (Å²) in [5.74, 6) is 2.22. The van der Waals surface area contributed by atoms with Gasteiger partial charge in [-0.15, -0.1) is 0 Å². The summed E-state index contributed by atoms with van der Waals surface area (Å²) in [4.78, 5) is 21.5. The van der Waals surface area contributed by atoms with E-state index in [2.05, 4.69) is 35.1 Å². The number of hydrogen-bond acceptors (Lipinski definition) is 8. The van der Waals surface area contributed by atoms with E-state index in [0.29, 0.717) is 28.2 Å². The molecule has 0 spiro atoms. The lowest BCUT2D eigenvalue weighted by molar-refractivity contribution is 0.642. The van der Waals surface area contributed by atoms with Crippen molar-refractivity contribution in [2.75, 3.05) is 47.0 Å². The van der Waals surface area contributed by atoms with Crippen molar-refractivity contribution >= 4 is 40.4 Å². The van der Waals surface area contributed by atoms with Crippen LogP contribution < -0.4 is 20.9 Å². The molecule has 8 nitrogen and oxygen atoms in total. The first kappa shape index (κ1) is 17.3. The summed E-state index contributed by atoms with van der Waals surface area (Å²) in [7, 11) is 0. The summed E-state index contributed by atoms with van der Waals surface area (Å²) in [6.07, 6.45) is 4.94. The minimum atomic E-state index is 0.362. The van der Waals surface area contributed by atoms with Crippen LogP contribution in [0, 0.1) is 0 Å². The molecule has 0 radical (unpaired) electrons. The Bertz CT molecular complexity index is 912. The van der Waals surface area contributed by atoms with Gasteiger partial charge in [-0.05, 0) is 24.3 Å². The molecule has 0 saturated carbocycles. The number of rotatable bonds is 4. The molecule has 0 atom stereocenters. The minimum Gasteiger partial charge on any atom is -0.393 e. The van der Waals surface area contributed by atoms with Crippen LogP contribution in [0.2, 0.25) is 5.15 Å². The number of halogens is 1. The zero-order chi connectivity index (χ0) is 18.6. The fraction of sp³-hybridized carbons (Fsp3) is 0.222. The summed E-state index contributed by atoms with van der Waals surface area (Å²) >= 11 is 6.11. The Kier molecular flexibility index (Phi) is 4.88. The zero-order valence-corrected chi connectivity index (χ0v) is 15.3. The molecule has 0 bridgehead atoms. The van der Waals surface area contributed by atoms with Crippen LogP contribution in [0.4, 0.5) is 28.8 Å². The van der Waals surface area contributed by atoms with Crippen LogP contribution in [-0.2, 0) is 0 Å². The number of nitrogen functional groups attached to an aromatic ring is 1. The van der Waals surface area contributed by atoms with E-state index in [-0.39, 0.29) is 0 Å². The lowest BCUT2D eigenvalue weighted by Gasteiger charge is -2.36. The van der Waals surface area contributed by atoms with Crippen LogP contribution in [0.1, 0.15) is 0 Å². The summed E-state index contributed by atoms with van der Waals surface area (Å²) in [6, 6.07) is 9.56. The van der Waals surface area contributed by atoms with Crippen LogP contribution >= 0.6 is 11.6 Å². The van der Waals surface area contributed by atoms with Gasteiger partial charge in [0.1, 0.15) is 17.8 Å². The molecule has 3 N–H and O–H groups in total. The Balaban J connectivity index is 1.49. The molecule has 27 heavy (non-hydrogen) atoms. The van der Waals surface area contributed by atoms with Crippen molar-refractivity contribution in [3.8, 4) is 0 Å². The lowest BCUT2D eigenvalue weighted by Crippen LogP contribution is -2.47. The van der Waals surface area contributed by atoms with E-state index in [1.165, 1.54) is 6.33 Å². The van der Waals surface area contributed by atoms with Gasteiger partial charge in [-0.25, -0.2) is 19.9 Å². The second-order valence-electron chi connectivity index (χ2n) is 6.09. The Morgan fingerprint density at radius 1 is 0.889 bits per heavy atom. The van der Waals surface area contributed by atoms with Crippen LogP contribution in [0.25, 0.3) is 0 Å². The number of piperazine rings is 1. The van der Waals surface area contributed by atoms with Crippen molar-refractivity contribution < 1.29 is 0 Å². The molecule has 138 valence electrons. The quantitative estimate of drug-likeness (QED) is 0.664.